The summed E-state index contributed by atoms with van der Waals surface area (Å²) >= 11 is 7.80. The minimum atomic E-state index is -0.230. The second-order valence-electron chi connectivity index (χ2n) is 6.13. The van der Waals surface area contributed by atoms with Crippen molar-refractivity contribution in [2.75, 3.05) is 26.2 Å². The summed E-state index contributed by atoms with van der Waals surface area (Å²) in [5, 5.41) is 15.6. The van der Waals surface area contributed by atoms with Gasteiger partial charge in [-0.25, -0.2) is 4.98 Å². The molecule has 1 fully saturated rings. The van der Waals surface area contributed by atoms with Crippen LogP contribution in [0.2, 0.25) is 5.15 Å². The lowest BCUT2D eigenvalue weighted by atomic mass is 9.96. The predicted molar refractivity (Wildman–Crippen MR) is 90.6 cm³/mol. The molecular weight excluding hydrogens is 320 g/mol. The number of halogens is 1. The predicted octanol–water partition coefficient (Wildman–Crippen LogP) is 2.23. The van der Waals surface area contributed by atoms with Crippen molar-refractivity contribution in [3.8, 4) is 0 Å². The van der Waals surface area contributed by atoms with E-state index < -0.39 is 0 Å². The third kappa shape index (κ3) is 3.81. The minimum Gasteiger partial charge on any atom is -0.392 e. The highest BCUT2D eigenvalue weighted by molar-refractivity contribution is 7.15. The Morgan fingerprint density at radius 1 is 1.50 bits per heavy atom. The lowest BCUT2D eigenvalue weighted by Gasteiger charge is -2.32. The van der Waals surface area contributed by atoms with Crippen LogP contribution in [0.3, 0.4) is 0 Å². The molecule has 2 aromatic heterocycles. The maximum atomic E-state index is 9.44. The molecule has 1 aliphatic rings. The summed E-state index contributed by atoms with van der Waals surface area (Å²) in [7, 11) is 0. The number of hydrogen-bond acceptors (Lipinski definition) is 5. The van der Waals surface area contributed by atoms with Crippen molar-refractivity contribution in [3.05, 3.63) is 22.4 Å². The maximum Gasteiger partial charge on any atom is 0.195 e. The molecule has 2 aromatic rings. The SMILES string of the molecule is CC(O)CN1CCC(CNCc2c(Cl)nc3sccn23)CC1. The Kier molecular flexibility index (Phi) is 5.36. The van der Waals surface area contributed by atoms with Gasteiger partial charge in [0, 0.05) is 24.7 Å². The number of piperidine rings is 1. The van der Waals surface area contributed by atoms with Gasteiger partial charge in [0.2, 0.25) is 0 Å². The third-order valence-electron chi connectivity index (χ3n) is 4.27. The number of β-amino-alcohol motifs (C(OH)–C–C–N with tert-alkyl or cyclic N) is 1. The standard InChI is InChI=1S/C15H23ClN4OS/c1-11(21)10-19-4-2-12(3-5-19)8-17-9-13-14(16)18-15-20(13)6-7-22-15/h6-7,11-12,17,21H,2-5,8-10H2,1H3. The lowest BCUT2D eigenvalue weighted by Crippen LogP contribution is -2.40. The van der Waals surface area contributed by atoms with Crippen molar-refractivity contribution in [2.45, 2.75) is 32.4 Å². The van der Waals surface area contributed by atoms with Gasteiger partial charge in [0.1, 0.15) is 0 Å². The van der Waals surface area contributed by atoms with Crippen LogP contribution in [0, 0.1) is 5.92 Å². The van der Waals surface area contributed by atoms with Crippen LogP contribution in [0.5, 0.6) is 0 Å². The number of aliphatic hydroxyl groups is 1. The number of fused-ring (bicyclic) bond motifs is 1. The summed E-state index contributed by atoms with van der Waals surface area (Å²) in [6.45, 7) is 6.58. The van der Waals surface area contributed by atoms with Gasteiger partial charge in [-0.1, -0.05) is 11.6 Å². The Balaban J connectivity index is 1.44. The number of likely N-dealkylation sites (tertiary alicyclic amines) is 1. The number of aromatic nitrogens is 2. The summed E-state index contributed by atoms with van der Waals surface area (Å²) in [6.07, 6.45) is 4.16. The second kappa shape index (κ2) is 7.27. The summed E-state index contributed by atoms with van der Waals surface area (Å²) < 4.78 is 2.06. The van der Waals surface area contributed by atoms with Crippen LogP contribution >= 0.6 is 22.9 Å². The molecule has 5 nitrogen and oxygen atoms in total. The molecule has 1 atom stereocenters. The number of aliphatic hydroxyl groups excluding tert-OH is 1. The lowest BCUT2D eigenvalue weighted by molar-refractivity contribution is 0.0998. The van der Waals surface area contributed by atoms with Gasteiger partial charge in [0.15, 0.2) is 10.1 Å². The van der Waals surface area contributed by atoms with E-state index in [2.05, 4.69) is 19.6 Å². The van der Waals surface area contributed by atoms with Crippen LogP contribution in [0.4, 0.5) is 0 Å². The fourth-order valence-corrected chi connectivity index (χ4v) is 4.13. The van der Waals surface area contributed by atoms with Crippen molar-refractivity contribution >= 4 is 27.9 Å². The van der Waals surface area contributed by atoms with E-state index in [1.165, 1.54) is 12.8 Å². The normalized spacial score (nSPS) is 19.0. The van der Waals surface area contributed by atoms with Crippen LogP contribution in [0.15, 0.2) is 11.6 Å². The van der Waals surface area contributed by atoms with Gasteiger partial charge >= 0.3 is 0 Å². The zero-order valence-electron chi connectivity index (χ0n) is 12.8. The van der Waals surface area contributed by atoms with Gasteiger partial charge in [0.25, 0.3) is 0 Å². The molecule has 0 aliphatic carbocycles. The first-order valence-corrected chi connectivity index (χ1v) is 9.10. The molecule has 0 radical (unpaired) electrons. The Morgan fingerprint density at radius 2 is 2.27 bits per heavy atom. The highest BCUT2D eigenvalue weighted by Crippen LogP contribution is 2.21. The number of thiazole rings is 1. The van der Waals surface area contributed by atoms with E-state index in [0.717, 1.165) is 43.4 Å². The number of imidazole rings is 1. The van der Waals surface area contributed by atoms with Crippen molar-refractivity contribution in [1.82, 2.24) is 19.6 Å². The number of hydrogen-bond donors (Lipinski definition) is 2. The van der Waals surface area contributed by atoms with E-state index in [4.69, 9.17) is 11.6 Å². The van der Waals surface area contributed by atoms with Crippen molar-refractivity contribution in [1.29, 1.82) is 0 Å². The smallest absolute Gasteiger partial charge is 0.195 e. The molecule has 0 saturated carbocycles. The molecule has 1 saturated heterocycles. The van der Waals surface area contributed by atoms with Gasteiger partial charge in [-0.15, -0.1) is 11.3 Å². The highest BCUT2D eigenvalue weighted by Gasteiger charge is 2.20. The largest absolute Gasteiger partial charge is 0.392 e. The molecule has 3 rings (SSSR count). The van der Waals surface area contributed by atoms with E-state index >= 15 is 0 Å². The monoisotopic (exact) mass is 342 g/mol. The van der Waals surface area contributed by atoms with E-state index in [9.17, 15) is 5.11 Å². The van der Waals surface area contributed by atoms with Crippen molar-refractivity contribution in [3.63, 3.8) is 0 Å². The Bertz CT molecular complexity index is 604. The third-order valence-corrected chi connectivity index (χ3v) is 5.33. The zero-order chi connectivity index (χ0) is 15.5. The van der Waals surface area contributed by atoms with Crippen molar-refractivity contribution in [2.24, 2.45) is 5.92 Å². The highest BCUT2D eigenvalue weighted by atomic mass is 35.5. The molecule has 2 N–H and O–H groups in total. The van der Waals surface area contributed by atoms with Crippen LogP contribution in [0.25, 0.3) is 4.96 Å². The molecule has 1 aliphatic heterocycles. The number of nitrogens with one attached hydrogen (secondary N) is 1. The number of rotatable bonds is 6. The second-order valence-corrected chi connectivity index (χ2v) is 7.36. The molecule has 22 heavy (non-hydrogen) atoms. The van der Waals surface area contributed by atoms with Gasteiger partial charge in [-0.3, -0.25) is 4.40 Å². The first-order chi connectivity index (χ1) is 10.6. The summed E-state index contributed by atoms with van der Waals surface area (Å²) in [5.41, 5.74) is 1.05. The summed E-state index contributed by atoms with van der Waals surface area (Å²) in [6, 6.07) is 0. The number of nitrogens with zero attached hydrogens (tertiary/aromatic N) is 3. The van der Waals surface area contributed by atoms with E-state index in [1.807, 2.05) is 18.5 Å². The van der Waals surface area contributed by atoms with Gasteiger partial charge in [0.05, 0.1) is 11.8 Å². The van der Waals surface area contributed by atoms with Gasteiger partial charge in [-0.2, -0.15) is 0 Å². The molecule has 7 heteroatoms. The first kappa shape index (κ1) is 16.2. The van der Waals surface area contributed by atoms with Crippen LogP contribution in [-0.4, -0.2) is 51.7 Å². The Morgan fingerprint density at radius 3 is 3.00 bits per heavy atom. The van der Waals surface area contributed by atoms with Crippen molar-refractivity contribution < 1.29 is 5.11 Å². The fraction of sp³-hybridized carbons (Fsp3) is 0.667. The zero-order valence-corrected chi connectivity index (χ0v) is 14.4. The Labute approximate surface area is 139 Å². The van der Waals surface area contributed by atoms with E-state index in [1.54, 1.807) is 11.3 Å². The van der Waals surface area contributed by atoms with Crippen LogP contribution in [0.1, 0.15) is 25.5 Å². The molecule has 0 bridgehead atoms. The Hall–Kier alpha value is -0.660. The maximum absolute atomic E-state index is 9.44. The quantitative estimate of drug-likeness (QED) is 0.845. The van der Waals surface area contributed by atoms with Gasteiger partial charge in [-0.05, 0) is 45.3 Å². The first-order valence-electron chi connectivity index (χ1n) is 7.84. The van der Waals surface area contributed by atoms with Crippen LogP contribution in [-0.2, 0) is 6.54 Å². The molecule has 122 valence electrons. The molecule has 0 spiro atoms. The van der Waals surface area contributed by atoms with Gasteiger partial charge < -0.3 is 15.3 Å². The van der Waals surface area contributed by atoms with E-state index in [0.29, 0.717) is 11.1 Å². The fourth-order valence-electron chi connectivity index (χ4n) is 3.11. The molecule has 1 unspecified atom stereocenters. The van der Waals surface area contributed by atoms with Crippen LogP contribution < -0.4 is 5.32 Å². The minimum absolute atomic E-state index is 0.230. The average molecular weight is 343 g/mol. The molecule has 0 amide bonds. The molecular formula is C15H23ClN4OS. The summed E-state index contributed by atoms with van der Waals surface area (Å²) in [4.78, 5) is 7.66. The topological polar surface area (TPSA) is 52.8 Å². The molecule has 3 heterocycles. The summed E-state index contributed by atoms with van der Waals surface area (Å²) in [5.74, 6) is 0.704. The van der Waals surface area contributed by atoms with E-state index in [-0.39, 0.29) is 6.10 Å². The molecule has 0 aromatic carbocycles. The average Bonchev–Trinajstić information content (AvgIpc) is 3.02.